The average Bonchev–Trinajstić information content (AvgIpc) is 3.01. The molecule has 1 aromatic carbocycles. The van der Waals surface area contributed by atoms with Crippen molar-refractivity contribution in [3.8, 4) is 6.07 Å². The van der Waals surface area contributed by atoms with Gasteiger partial charge in [0.05, 0.1) is 11.5 Å². The van der Waals surface area contributed by atoms with Crippen molar-refractivity contribution < 1.29 is 0 Å². The largest absolute Gasteiger partial charge is 0.197 e. The number of nitrogens with zero attached hydrogens (tertiary/aromatic N) is 1. The molecule has 0 amide bonds. The van der Waals surface area contributed by atoms with E-state index in [4.69, 9.17) is 0 Å². The summed E-state index contributed by atoms with van der Waals surface area (Å²) in [5.41, 5.74) is 0.867. The first-order valence-electron chi connectivity index (χ1n) is 4.84. The lowest BCUT2D eigenvalue weighted by molar-refractivity contribution is 0.529. The van der Waals surface area contributed by atoms with Gasteiger partial charge in [0.1, 0.15) is 0 Å². The number of rotatable bonds is 2. The third kappa shape index (κ3) is 1.57. The summed E-state index contributed by atoms with van der Waals surface area (Å²) in [6.45, 7) is 2.05. The Morgan fingerprint density at radius 3 is 2.36 bits per heavy atom. The lowest BCUT2D eigenvalue weighted by Gasteiger charge is -2.21. The molecule has 1 atom stereocenters. The number of benzene rings is 1. The highest BCUT2D eigenvalue weighted by Gasteiger charge is 2.42. The summed E-state index contributed by atoms with van der Waals surface area (Å²) in [6.07, 6.45) is 2.39. The van der Waals surface area contributed by atoms with Gasteiger partial charge >= 0.3 is 0 Å². The predicted octanol–water partition coefficient (Wildman–Crippen LogP) is 3.64. The highest BCUT2D eigenvalue weighted by atomic mass is 79.9. The molecule has 1 aliphatic carbocycles. The van der Waals surface area contributed by atoms with Crippen molar-refractivity contribution in [2.24, 2.45) is 5.92 Å². The molecule has 1 nitrogen and oxygen atoms in total. The van der Waals surface area contributed by atoms with Crippen LogP contribution in [0.15, 0.2) is 28.7 Å². The van der Waals surface area contributed by atoms with E-state index in [9.17, 15) is 5.26 Å². The van der Waals surface area contributed by atoms with Crippen molar-refractivity contribution in [1.29, 1.82) is 5.26 Å². The van der Waals surface area contributed by atoms with Crippen LogP contribution in [-0.2, 0) is 5.41 Å². The molecule has 1 unspecified atom stereocenters. The fourth-order valence-electron chi connectivity index (χ4n) is 1.85. The Balaban J connectivity index is 2.37. The molecule has 1 saturated carbocycles. The molecule has 0 radical (unpaired) electrons. The van der Waals surface area contributed by atoms with Gasteiger partial charge in [0, 0.05) is 4.47 Å². The van der Waals surface area contributed by atoms with Crippen LogP contribution in [0.2, 0.25) is 0 Å². The minimum absolute atomic E-state index is 0.277. The first-order chi connectivity index (χ1) is 6.66. The van der Waals surface area contributed by atoms with Crippen LogP contribution in [0, 0.1) is 17.2 Å². The summed E-state index contributed by atoms with van der Waals surface area (Å²) in [7, 11) is 0. The second-order valence-electron chi connectivity index (χ2n) is 4.10. The van der Waals surface area contributed by atoms with Gasteiger partial charge < -0.3 is 0 Å². The quantitative estimate of drug-likeness (QED) is 0.786. The van der Waals surface area contributed by atoms with Gasteiger partial charge in [-0.2, -0.15) is 5.26 Å². The lowest BCUT2D eigenvalue weighted by atomic mass is 9.79. The maximum Gasteiger partial charge on any atom is 0.0822 e. The van der Waals surface area contributed by atoms with Crippen molar-refractivity contribution in [3.63, 3.8) is 0 Å². The summed E-state index contributed by atoms with van der Waals surface area (Å²) in [6, 6.07) is 10.6. The van der Waals surface area contributed by atoms with Crippen LogP contribution in [0.3, 0.4) is 0 Å². The van der Waals surface area contributed by atoms with Gasteiger partial charge in [0.25, 0.3) is 0 Å². The molecule has 2 heteroatoms. The van der Waals surface area contributed by atoms with E-state index >= 15 is 0 Å². The summed E-state index contributed by atoms with van der Waals surface area (Å²) in [5, 5.41) is 9.26. The Labute approximate surface area is 92.9 Å². The molecule has 0 heterocycles. The first-order valence-corrected chi connectivity index (χ1v) is 5.63. The Bertz CT molecular complexity index is 372. The van der Waals surface area contributed by atoms with Gasteiger partial charge in [-0.15, -0.1) is 0 Å². The smallest absolute Gasteiger partial charge is 0.0822 e. The van der Waals surface area contributed by atoms with Gasteiger partial charge in [-0.05, 0) is 43.4 Å². The van der Waals surface area contributed by atoms with E-state index in [0.29, 0.717) is 5.92 Å². The summed E-state index contributed by atoms with van der Waals surface area (Å²) >= 11 is 3.40. The van der Waals surface area contributed by atoms with Crippen molar-refractivity contribution >= 4 is 15.9 Å². The van der Waals surface area contributed by atoms with Gasteiger partial charge in [0.15, 0.2) is 0 Å². The van der Waals surface area contributed by atoms with E-state index in [1.807, 2.05) is 31.2 Å². The Morgan fingerprint density at radius 1 is 1.36 bits per heavy atom. The summed E-state index contributed by atoms with van der Waals surface area (Å²) in [4.78, 5) is 0. The summed E-state index contributed by atoms with van der Waals surface area (Å²) in [5.74, 6) is 0.564. The fourth-order valence-corrected chi connectivity index (χ4v) is 2.11. The molecule has 1 aliphatic rings. The number of hydrogen-bond acceptors (Lipinski definition) is 1. The second kappa shape index (κ2) is 3.40. The van der Waals surface area contributed by atoms with E-state index in [0.717, 1.165) is 10.0 Å². The molecule has 2 rings (SSSR count). The predicted molar refractivity (Wildman–Crippen MR) is 59.8 cm³/mol. The van der Waals surface area contributed by atoms with Crippen molar-refractivity contribution in [3.05, 3.63) is 34.3 Å². The Hall–Kier alpha value is -0.810. The second-order valence-corrected chi connectivity index (χ2v) is 5.01. The Kier molecular flexibility index (Phi) is 2.36. The zero-order chi connectivity index (χ0) is 10.2. The molecule has 0 aromatic heterocycles. The van der Waals surface area contributed by atoms with Crippen LogP contribution in [-0.4, -0.2) is 0 Å². The van der Waals surface area contributed by atoms with Crippen molar-refractivity contribution in [2.45, 2.75) is 25.2 Å². The molecule has 0 bridgehead atoms. The number of nitriles is 1. The fraction of sp³-hybridized carbons (Fsp3) is 0.417. The lowest BCUT2D eigenvalue weighted by Crippen LogP contribution is -2.21. The topological polar surface area (TPSA) is 23.8 Å². The minimum Gasteiger partial charge on any atom is -0.197 e. The standard InChI is InChI=1S/C12H12BrN/c1-12(8-14,9-2-3-9)10-4-6-11(13)7-5-10/h4-7,9H,2-3H2,1H3. The van der Waals surface area contributed by atoms with E-state index < -0.39 is 0 Å². The summed E-state index contributed by atoms with van der Waals surface area (Å²) < 4.78 is 1.07. The van der Waals surface area contributed by atoms with E-state index in [2.05, 4.69) is 22.0 Å². The molecular weight excluding hydrogens is 238 g/mol. The van der Waals surface area contributed by atoms with Crippen LogP contribution in [0.25, 0.3) is 0 Å². The van der Waals surface area contributed by atoms with Gasteiger partial charge in [-0.25, -0.2) is 0 Å². The number of halogens is 1. The highest BCUT2D eigenvalue weighted by molar-refractivity contribution is 9.10. The molecule has 0 N–H and O–H groups in total. The van der Waals surface area contributed by atoms with Gasteiger partial charge in [-0.3, -0.25) is 0 Å². The maximum absolute atomic E-state index is 9.26. The van der Waals surface area contributed by atoms with E-state index in [1.165, 1.54) is 12.8 Å². The SMILES string of the molecule is CC(C#N)(c1ccc(Br)cc1)C1CC1. The van der Waals surface area contributed by atoms with Crippen LogP contribution < -0.4 is 0 Å². The highest BCUT2D eigenvalue weighted by Crippen LogP contribution is 2.46. The third-order valence-corrected chi connectivity index (χ3v) is 3.60. The van der Waals surface area contributed by atoms with Crippen LogP contribution in [0.5, 0.6) is 0 Å². The Morgan fingerprint density at radius 2 is 1.93 bits per heavy atom. The molecule has 72 valence electrons. The average molecular weight is 250 g/mol. The third-order valence-electron chi connectivity index (χ3n) is 3.07. The monoisotopic (exact) mass is 249 g/mol. The van der Waals surface area contributed by atoms with Crippen LogP contribution >= 0.6 is 15.9 Å². The molecule has 14 heavy (non-hydrogen) atoms. The minimum atomic E-state index is -0.277. The van der Waals surface area contributed by atoms with E-state index in [-0.39, 0.29) is 5.41 Å². The normalized spacial score (nSPS) is 19.8. The molecule has 1 fully saturated rings. The zero-order valence-corrected chi connectivity index (χ0v) is 9.71. The maximum atomic E-state index is 9.26. The van der Waals surface area contributed by atoms with Crippen molar-refractivity contribution in [2.75, 3.05) is 0 Å². The van der Waals surface area contributed by atoms with Crippen LogP contribution in [0.4, 0.5) is 0 Å². The molecule has 0 saturated heterocycles. The van der Waals surface area contributed by atoms with Crippen molar-refractivity contribution in [1.82, 2.24) is 0 Å². The number of hydrogen-bond donors (Lipinski definition) is 0. The molecular formula is C12H12BrN. The molecule has 0 aliphatic heterocycles. The molecule has 0 spiro atoms. The van der Waals surface area contributed by atoms with Gasteiger partial charge in [0.2, 0.25) is 0 Å². The first kappa shape index (κ1) is 9.73. The van der Waals surface area contributed by atoms with Gasteiger partial charge in [-0.1, -0.05) is 28.1 Å². The van der Waals surface area contributed by atoms with Crippen LogP contribution in [0.1, 0.15) is 25.3 Å². The zero-order valence-electron chi connectivity index (χ0n) is 8.13. The molecule has 1 aromatic rings. The van der Waals surface area contributed by atoms with E-state index in [1.54, 1.807) is 0 Å².